The van der Waals surface area contributed by atoms with Crippen LogP contribution in [0.2, 0.25) is 0 Å². The zero-order valence-corrected chi connectivity index (χ0v) is 19.6. The minimum absolute atomic E-state index is 0.145. The molecule has 0 spiro atoms. The number of rotatable bonds is 7. The van der Waals surface area contributed by atoms with Crippen LogP contribution >= 0.6 is 0 Å². The van der Waals surface area contributed by atoms with Crippen LogP contribution in [0, 0.1) is 0 Å². The van der Waals surface area contributed by atoms with E-state index in [1.54, 1.807) is 54.7 Å². The summed E-state index contributed by atoms with van der Waals surface area (Å²) in [4.78, 5) is 45.1. The van der Waals surface area contributed by atoms with Gasteiger partial charge in [-0.25, -0.2) is 9.78 Å². The molecule has 3 N–H and O–H groups in total. The maximum absolute atomic E-state index is 12.7. The standard InChI is InChI=1S/C29H22N4O4/c34-26(20-11-5-2-6-12-20)28(35)33-25-14-8-7-13-22(25)24-17-31-27-23(24)15-21(16-30-27)32-29(36)37-18-19-9-3-1-4-10-19/h1-17H,18H2,(H,30,31)(H,32,36)(H,33,35). The normalized spacial score (nSPS) is 10.6. The number of hydrogen-bond donors (Lipinski definition) is 3. The number of hydrogen-bond acceptors (Lipinski definition) is 5. The van der Waals surface area contributed by atoms with E-state index < -0.39 is 17.8 Å². The average molecular weight is 491 g/mol. The Balaban J connectivity index is 1.36. The molecule has 8 heteroatoms. The van der Waals surface area contributed by atoms with Crippen LogP contribution in [0.25, 0.3) is 22.2 Å². The summed E-state index contributed by atoms with van der Waals surface area (Å²) in [5.41, 5.74) is 4.14. The topological polar surface area (TPSA) is 113 Å². The summed E-state index contributed by atoms with van der Waals surface area (Å²) in [6.45, 7) is 0.145. The van der Waals surface area contributed by atoms with Crippen LogP contribution in [0.4, 0.5) is 16.2 Å². The largest absolute Gasteiger partial charge is 0.444 e. The van der Waals surface area contributed by atoms with Crippen molar-refractivity contribution in [3.8, 4) is 11.1 Å². The highest BCUT2D eigenvalue weighted by atomic mass is 16.5. The van der Waals surface area contributed by atoms with Gasteiger partial charge < -0.3 is 15.0 Å². The van der Waals surface area contributed by atoms with Gasteiger partial charge in [0.05, 0.1) is 11.9 Å². The summed E-state index contributed by atoms with van der Waals surface area (Å²) >= 11 is 0. The minimum Gasteiger partial charge on any atom is -0.444 e. The number of carbonyl (C=O) groups is 3. The summed E-state index contributed by atoms with van der Waals surface area (Å²) < 4.78 is 5.30. The van der Waals surface area contributed by atoms with E-state index in [2.05, 4.69) is 20.6 Å². The summed E-state index contributed by atoms with van der Waals surface area (Å²) in [6, 6.07) is 26.7. The number of aromatic nitrogens is 2. The van der Waals surface area contributed by atoms with E-state index in [0.29, 0.717) is 28.1 Å². The fourth-order valence-corrected chi connectivity index (χ4v) is 3.90. The first-order valence-corrected chi connectivity index (χ1v) is 11.5. The molecule has 182 valence electrons. The summed E-state index contributed by atoms with van der Waals surface area (Å²) in [5, 5.41) is 6.15. The van der Waals surface area contributed by atoms with Gasteiger partial charge in [0.25, 0.3) is 11.7 Å². The number of ether oxygens (including phenoxy) is 1. The predicted octanol–water partition coefficient (Wildman–Crippen LogP) is 5.80. The molecule has 0 fully saturated rings. The molecule has 2 aromatic heterocycles. The highest BCUT2D eigenvalue weighted by Crippen LogP contribution is 2.34. The van der Waals surface area contributed by atoms with Crippen molar-refractivity contribution in [2.45, 2.75) is 6.61 Å². The van der Waals surface area contributed by atoms with E-state index in [4.69, 9.17) is 4.74 Å². The van der Waals surface area contributed by atoms with Crippen molar-refractivity contribution >= 4 is 40.2 Å². The van der Waals surface area contributed by atoms with Gasteiger partial charge in [0.2, 0.25) is 0 Å². The molecular weight excluding hydrogens is 468 g/mol. The van der Waals surface area contributed by atoms with Crippen molar-refractivity contribution in [1.82, 2.24) is 9.97 Å². The Bertz CT molecular complexity index is 1580. The van der Waals surface area contributed by atoms with Crippen LogP contribution in [0.5, 0.6) is 0 Å². The summed E-state index contributed by atoms with van der Waals surface area (Å²) in [5.74, 6) is -1.36. The van der Waals surface area contributed by atoms with Crippen molar-refractivity contribution in [1.29, 1.82) is 0 Å². The zero-order chi connectivity index (χ0) is 25.6. The lowest BCUT2D eigenvalue weighted by molar-refractivity contribution is -0.112. The number of para-hydroxylation sites is 1. The van der Waals surface area contributed by atoms with E-state index in [-0.39, 0.29) is 6.61 Å². The number of nitrogens with one attached hydrogen (secondary N) is 3. The van der Waals surface area contributed by atoms with Crippen molar-refractivity contribution < 1.29 is 19.1 Å². The number of anilines is 2. The Morgan fingerprint density at radius 3 is 2.30 bits per heavy atom. The molecule has 8 nitrogen and oxygen atoms in total. The number of carbonyl (C=O) groups excluding carboxylic acids is 3. The van der Waals surface area contributed by atoms with E-state index >= 15 is 0 Å². The highest BCUT2D eigenvalue weighted by molar-refractivity contribution is 6.46. The lowest BCUT2D eigenvalue weighted by Gasteiger charge is -2.11. The molecule has 3 aromatic carbocycles. The number of pyridine rings is 1. The van der Waals surface area contributed by atoms with Crippen molar-refractivity contribution in [2.24, 2.45) is 0 Å². The molecule has 0 saturated carbocycles. The second-order valence-corrected chi connectivity index (χ2v) is 8.20. The van der Waals surface area contributed by atoms with Gasteiger partial charge in [0.15, 0.2) is 0 Å². The van der Waals surface area contributed by atoms with Crippen LogP contribution in [-0.4, -0.2) is 27.8 Å². The molecule has 2 amide bonds. The first kappa shape index (κ1) is 23.5. The number of amides is 2. The number of fused-ring (bicyclic) bond motifs is 1. The van der Waals surface area contributed by atoms with Crippen LogP contribution < -0.4 is 10.6 Å². The van der Waals surface area contributed by atoms with Crippen LogP contribution in [-0.2, 0) is 16.1 Å². The van der Waals surface area contributed by atoms with Gasteiger partial charge in [0, 0.05) is 34.0 Å². The van der Waals surface area contributed by atoms with Crippen molar-refractivity contribution in [3.05, 3.63) is 115 Å². The molecule has 0 bridgehead atoms. The SMILES string of the molecule is O=C(Nc1cnc2[nH]cc(-c3ccccc3NC(=O)C(=O)c3ccccc3)c2c1)OCc1ccccc1. The van der Waals surface area contributed by atoms with Crippen LogP contribution in [0.1, 0.15) is 15.9 Å². The lowest BCUT2D eigenvalue weighted by atomic mass is 10.0. The summed E-state index contributed by atoms with van der Waals surface area (Å²) in [7, 11) is 0. The monoisotopic (exact) mass is 490 g/mol. The first-order chi connectivity index (χ1) is 18.1. The van der Waals surface area contributed by atoms with E-state index in [1.807, 2.05) is 42.5 Å². The lowest BCUT2D eigenvalue weighted by Crippen LogP contribution is -2.23. The number of H-pyrrole nitrogens is 1. The van der Waals surface area contributed by atoms with Gasteiger partial charge in [-0.3, -0.25) is 14.9 Å². The molecular formula is C29H22N4O4. The molecule has 0 radical (unpaired) electrons. The van der Waals surface area contributed by atoms with Crippen LogP contribution in [0.15, 0.2) is 103 Å². The van der Waals surface area contributed by atoms with Gasteiger partial charge >= 0.3 is 6.09 Å². The second-order valence-electron chi connectivity index (χ2n) is 8.20. The highest BCUT2D eigenvalue weighted by Gasteiger charge is 2.19. The minimum atomic E-state index is -0.736. The Morgan fingerprint density at radius 1 is 0.811 bits per heavy atom. The Kier molecular flexibility index (Phi) is 6.72. The maximum Gasteiger partial charge on any atom is 0.412 e. The first-order valence-electron chi connectivity index (χ1n) is 11.5. The maximum atomic E-state index is 12.7. The van der Waals surface area contributed by atoms with Crippen molar-refractivity contribution in [2.75, 3.05) is 10.6 Å². The van der Waals surface area contributed by atoms with Crippen LogP contribution in [0.3, 0.4) is 0 Å². The molecule has 2 heterocycles. The zero-order valence-electron chi connectivity index (χ0n) is 19.6. The molecule has 0 aliphatic heterocycles. The molecule has 0 saturated heterocycles. The fourth-order valence-electron chi connectivity index (χ4n) is 3.90. The number of benzene rings is 3. The third-order valence-electron chi connectivity index (χ3n) is 5.70. The van der Waals surface area contributed by atoms with E-state index in [9.17, 15) is 14.4 Å². The molecule has 0 atom stereocenters. The summed E-state index contributed by atoms with van der Waals surface area (Å²) in [6.07, 6.45) is 2.69. The quantitative estimate of drug-likeness (QED) is 0.197. The number of nitrogens with zero attached hydrogens (tertiary/aromatic N) is 1. The predicted molar refractivity (Wildman–Crippen MR) is 141 cm³/mol. The molecule has 0 unspecified atom stereocenters. The average Bonchev–Trinajstić information content (AvgIpc) is 3.36. The molecule has 5 aromatic rings. The van der Waals surface area contributed by atoms with Gasteiger partial charge in [-0.2, -0.15) is 0 Å². The van der Waals surface area contributed by atoms with E-state index in [1.165, 1.54) is 6.20 Å². The number of Topliss-reactive ketones (excluding diaryl/α,β-unsaturated/α-hetero) is 1. The Morgan fingerprint density at radius 2 is 1.51 bits per heavy atom. The number of aromatic amines is 1. The third kappa shape index (κ3) is 5.38. The Hall–Kier alpha value is -5.24. The smallest absolute Gasteiger partial charge is 0.412 e. The molecule has 0 aliphatic rings. The molecule has 5 rings (SSSR count). The second kappa shape index (κ2) is 10.6. The molecule has 0 aliphatic carbocycles. The molecule has 37 heavy (non-hydrogen) atoms. The van der Waals surface area contributed by atoms with Gasteiger partial charge in [-0.15, -0.1) is 0 Å². The number of ketones is 1. The van der Waals surface area contributed by atoms with Gasteiger partial charge in [0.1, 0.15) is 12.3 Å². The van der Waals surface area contributed by atoms with Gasteiger partial charge in [-0.1, -0.05) is 78.9 Å². The fraction of sp³-hybridized carbons (Fsp3) is 0.0345. The van der Waals surface area contributed by atoms with Gasteiger partial charge in [-0.05, 0) is 17.7 Å². The van der Waals surface area contributed by atoms with Crippen molar-refractivity contribution in [3.63, 3.8) is 0 Å². The van der Waals surface area contributed by atoms with E-state index in [0.717, 1.165) is 16.5 Å². The Labute approximate surface area is 212 Å². The third-order valence-corrected chi connectivity index (χ3v) is 5.70.